The van der Waals surface area contributed by atoms with E-state index in [2.05, 4.69) is 0 Å². The van der Waals surface area contributed by atoms with E-state index in [4.69, 9.17) is 21.3 Å². The zero-order valence-corrected chi connectivity index (χ0v) is 11.5. The summed E-state index contributed by atoms with van der Waals surface area (Å²) in [4.78, 5) is 8.59. The van der Waals surface area contributed by atoms with Crippen molar-refractivity contribution < 1.29 is 23.0 Å². The molecule has 7 nitrogen and oxygen atoms in total. The van der Waals surface area contributed by atoms with Gasteiger partial charge in [0.25, 0.3) is 10.1 Å². The molecule has 0 aliphatic heterocycles. The Morgan fingerprint density at radius 2 is 1.88 bits per heavy atom. The Kier molecular flexibility index (Phi) is 5.17. The average Bonchev–Trinajstić information content (AvgIpc) is 2.06. The molecular weight excluding hydrogens is 273 g/mol. The molecule has 1 rings (SSSR count). The van der Waals surface area contributed by atoms with Crippen molar-refractivity contribution in [3.8, 4) is 5.75 Å². The summed E-state index contributed by atoms with van der Waals surface area (Å²) in [6, 6.07) is 1.22. The van der Waals surface area contributed by atoms with Gasteiger partial charge in [-0.1, -0.05) is 11.6 Å². The van der Waals surface area contributed by atoms with Crippen LogP contribution in [0.3, 0.4) is 0 Å². The fourth-order valence-corrected chi connectivity index (χ4v) is 1.65. The van der Waals surface area contributed by atoms with Crippen molar-refractivity contribution in [2.75, 3.05) is 0 Å². The van der Waals surface area contributed by atoms with Crippen LogP contribution in [-0.2, 0) is 10.1 Å². The van der Waals surface area contributed by atoms with E-state index in [1.807, 2.05) is 0 Å². The quantitative estimate of drug-likeness (QED) is 0.357. The zero-order chi connectivity index (χ0) is 11.8. The van der Waals surface area contributed by atoms with Gasteiger partial charge >= 0.3 is 5.69 Å². The number of hydrogen-bond donors (Lipinski definition) is 2. The first-order valence-corrected chi connectivity index (χ1v) is 5.19. The molecule has 1 radical (unpaired) electrons. The molecule has 0 atom stereocenters. The maximum atomic E-state index is 10.7. The molecule has 16 heavy (non-hydrogen) atoms. The van der Waals surface area contributed by atoms with Gasteiger partial charge in [0, 0.05) is 35.6 Å². The van der Waals surface area contributed by atoms with Crippen LogP contribution in [0.25, 0.3) is 0 Å². The molecule has 83 valence electrons. The minimum Gasteiger partial charge on any atom is -0.501 e. The minimum atomic E-state index is -4.60. The van der Waals surface area contributed by atoms with Crippen molar-refractivity contribution in [1.82, 2.24) is 0 Å². The molecular formula is C6H4ClNNaO6S. The summed E-state index contributed by atoms with van der Waals surface area (Å²) >= 11 is 5.34. The van der Waals surface area contributed by atoms with Crippen molar-refractivity contribution in [2.24, 2.45) is 0 Å². The van der Waals surface area contributed by atoms with Crippen molar-refractivity contribution >= 4 is 57.0 Å². The molecule has 10 heteroatoms. The van der Waals surface area contributed by atoms with Crippen molar-refractivity contribution in [3.63, 3.8) is 0 Å². The summed E-state index contributed by atoms with van der Waals surface area (Å²) in [5.74, 6) is -0.853. The molecule has 0 saturated carbocycles. The number of aromatic hydroxyl groups is 1. The number of nitro benzene ring substituents is 1. The van der Waals surface area contributed by atoms with Gasteiger partial charge in [-0.15, -0.1) is 0 Å². The van der Waals surface area contributed by atoms with E-state index < -0.39 is 36.4 Å². The predicted octanol–water partition coefficient (Wildman–Crippen LogP) is 0.820. The van der Waals surface area contributed by atoms with Crippen molar-refractivity contribution in [2.45, 2.75) is 4.90 Å². The molecule has 0 bridgehead atoms. The van der Waals surface area contributed by atoms with Crippen LogP contribution in [0, 0.1) is 10.1 Å². The van der Waals surface area contributed by atoms with E-state index >= 15 is 0 Å². The molecule has 0 fully saturated rings. The van der Waals surface area contributed by atoms with Crippen LogP contribution in [0.4, 0.5) is 5.69 Å². The minimum absolute atomic E-state index is 0. The van der Waals surface area contributed by atoms with E-state index in [-0.39, 0.29) is 29.6 Å². The molecule has 1 aromatic carbocycles. The normalized spacial score (nSPS) is 10.6. The van der Waals surface area contributed by atoms with Gasteiger partial charge in [0.2, 0.25) is 5.75 Å². The predicted molar refractivity (Wildman–Crippen MR) is 55.3 cm³/mol. The van der Waals surface area contributed by atoms with Gasteiger partial charge in [-0.2, -0.15) is 8.42 Å². The van der Waals surface area contributed by atoms with Crippen LogP contribution in [0.15, 0.2) is 17.0 Å². The van der Waals surface area contributed by atoms with Gasteiger partial charge in [0.15, 0.2) is 0 Å². The summed E-state index contributed by atoms with van der Waals surface area (Å²) in [5, 5.41) is 18.9. The Morgan fingerprint density at radius 1 is 1.38 bits per heavy atom. The number of phenols is 1. The first kappa shape index (κ1) is 15.6. The molecule has 2 N–H and O–H groups in total. The van der Waals surface area contributed by atoms with E-state index in [9.17, 15) is 18.5 Å². The van der Waals surface area contributed by atoms with Gasteiger partial charge in [0.05, 0.1) is 9.95 Å². The summed E-state index contributed by atoms with van der Waals surface area (Å²) < 4.78 is 29.9. The van der Waals surface area contributed by atoms with E-state index in [1.54, 1.807) is 0 Å². The van der Waals surface area contributed by atoms with Gasteiger partial charge in [0.1, 0.15) is 4.90 Å². The first-order valence-electron chi connectivity index (χ1n) is 3.38. The van der Waals surface area contributed by atoms with Gasteiger partial charge in [-0.25, -0.2) is 0 Å². The van der Waals surface area contributed by atoms with Gasteiger partial charge in [-0.05, 0) is 6.07 Å². The Morgan fingerprint density at radius 3 is 2.25 bits per heavy atom. The second-order valence-corrected chi connectivity index (χ2v) is 4.33. The number of phenolic OH excluding ortho intramolecular Hbond substituents is 1. The third-order valence-corrected chi connectivity index (χ3v) is 2.63. The molecule has 0 heterocycles. The second-order valence-electron chi connectivity index (χ2n) is 2.51. The van der Waals surface area contributed by atoms with Crippen LogP contribution in [0.2, 0.25) is 5.02 Å². The van der Waals surface area contributed by atoms with Crippen molar-refractivity contribution in [1.29, 1.82) is 0 Å². The van der Waals surface area contributed by atoms with Gasteiger partial charge in [-0.3, -0.25) is 14.7 Å². The molecule has 0 amide bonds. The molecule has 0 aliphatic carbocycles. The second kappa shape index (κ2) is 5.30. The number of rotatable bonds is 2. The zero-order valence-electron chi connectivity index (χ0n) is 7.92. The smallest absolute Gasteiger partial charge is 0.313 e. The molecule has 0 unspecified atom stereocenters. The summed E-state index contributed by atoms with van der Waals surface area (Å²) in [6.07, 6.45) is 0. The number of nitro groups is 1. The molecule has 1 aromatic rings. The first-order chi connectivity index (χ1) is 6.73. The van der Waals surface area contributed by atoms with E-state index in [0.717, 1.165) is 0 Å². The van der Waals surface area contributed by atoms with Gasteiger partial charge < -0.3 is 5.11 Å². The monoisotopic (exact) mass is 276 g/mol. The number of benzene rings is 1. The maximum absolute atomic E-state index is 10.7. The molecule has 0 saturated heterocycles. The van der Waals surface area contributed by atoms with Crippen LogP contribution >= 0.6 is 11.6 Å². The van der Waals surface area contributed by atoms with Crippen LogP contribution in [0.1, 0.15) is 0 Å². The topological polar surface area (TPSA) is 118 Å². The summed E-state index contributed by atoms with van der Waals surface area (Å²) in [7, 11) is -4.60. The maximum Gasteiger partial charge on any atom is 0.313 e. The number of nitrogens with zero attached hydrogens (tertiary/aromatic N) is 1. The Balaban J connectivity index is 0.00000225. The van der Waals surface area contributed by atoms with E-state index in [1.165, 1.54) is 0 Å². The summed E-state index contributed by atoms with van der Waals surface area (Å²) in [5.41, 5.74) is -0.893. The average molecular weight is 277 g/mol. The van der Waals surface area contributed by atoms with Crippen LogP contribution in [0.5, 0.6) is 5.75 Å². The fraction of sp³-hybridized carbons (Fsp3) is 0. The van der Waals surface area contributed by atoms with Crippen molar-refractivity contribution in [3.05, 3.63) is 27.3 Å². The SMILES string of the molecule is O=[N+]([O-])c1cc(S(=O)(=O)O)cc(Cl)c1O.[Na]. The summed E-state index contributed by atoms with van der Waals surface area (Å²) in [6.45, 7) is 0. The molecule has 0 aromatic heterocycles. The number of halogens is 1. The number of hydrogen-bond acceptors (Lipinski definition) is 5. The standard InChI is InChI=1S/C6H4ClNO6S.Na/c7-4-1-3(15(12,13)14)2-5(6(4)9)8(10)11;/h1-2,9H,(H,12,13,14);. The molecule has 0 aliphatic rings. The largest absolute Gasteiger partial charge is 0.501 e. The van der Waals surface area contributed by atoms with Crippen LogP contribution in [-0.4, -0.2) is 52.6 Å². The Bertz CT molecular complexity index is 530. The fourth-order valence-electron chi connectivity index (χ4n) is 0.848. The Labute approximate surface area is 117 Å². The third-order valence-electron chi connectivity index (χ3n) is 1.51. The van der Waals surface area contributed by atoms with E-state index in [0.29, 0.717) is 12.1 Å². The van der Waals surface area contributed by atoms with Crippen LogP contribution < -0.4 is 0 Å². The third kappa shape index (κ3) is 3.30. The molecule has 0 spiro atoms. The Hall–Kier alpha value is -0.380.